The Morgan fingerprint density at radius 2 is 1.10 bits per heavy atom. The van der Waals surface area contributed by atoms with E-state index in [2.05, 4.69) is 0 Å². The number of carbonyl (C=O) groups excluding carboxylic acids is 1. The van der Waals surface area contributed by atoms with Gasteiger partial charge in [0.15, 0.2) is 0 Å². The van der Waals surface area contributed by atoms with Crippen molar-refractivity contribution in [1.82, 2.24) is 4.90 Å². The highest BCUT2D eigenvalue weighted by molar-refractivity contribution is 5.83. The van der Waals surface area contributed by atoms with E-state index < -0.39 is 30.2 Å². The summed E-state index contributed by atoms with van der Waals surface area (Å²) in [6.45, 7) is 0. The molecule has 0 aliphatic carbocycles. The molecule has 0 fully saturated rings. The van der Waals surface area contributed by atoms with Gasteiger partial charge in [0, 0.05) is 7.05 Å². The van der Waals surface area contributed by atoms with Crippen molar-refractivity contribution in [3.8, 4) is 0 Å². The van der Waals surface area contributed by atoms with Crippen LogP contribution >= 0.6 is 0 Å². The zero-order valence-corrected chi connectivity index (χ0v) is 16.3. The number of benzene rings is 3. The van der Waals surface area contributed by atoms with Gasteiger partial charge in [0.25, 0.3) is 0 Å². The van der Waals surface area contributed by atoms with E-state index in [-0.39, 0.29) is 0 Å². The maximum atomic E-state index is 13.1. The summed E-state index contributed by atoms with van der Waals surface area (Å²) in [5.41, 5.74) is 8.17. The highest BCUT2D eigenvalue weighted by Crippen LogP contribution is 2.34. The summed E-state index contributed by atoms with van der Waals surface area (Å²) in [6.07, 6.45) is -2.09. The Morgan fingerprint density at radius 3 is 1.55 bits per heavy atom. The Kier molecular flexibility index (Phi) is 6.77. The molecule has 0 unspecified atom stereocenters. The Hall–Kier alpha value is -2.99. The van der Waals surface area contributed by atoms with Gasteiger partial charge in [-0.2, -0.15) is 0 Å². The fourth-order valence-corrected chi connectivity index (χ4v) is 3.47. The molecule has 3 rings (SSSR count). The van der Waals surface area contributed by atoms with Crippen molar-refractivity contribution in [1.29, 1.82) is 0 Å². The molecule has 0 aliphatic heterocycles. The predicted octanol–water partition coefficient (Wildman–Crippen LogP) is 2.98. The molecule has 0 saturated heterocycles. The smallest absolute Gasteiger partial charge is 0.242 e. The molecule has 5 heteroatoms. The number of aliphatic hydroxyl groups excluding tert-OH is 2. The maximum absolute atomic E-state index is 13.1. The van der Waals surface area contributed by atoms with Gasteiger partial charge >= 0.3 is 0 Å². The largest absolute Gasteiger partial charge is 0.386 e. The lowest BCUT2D eigenvalue weighted by molar-refractivity contribution is -0.138. The van der Waals surface area contributed by atoms with Crippen LogP contribution in [0.1, 0.15) is 34.9 Å². The Morgan fingerprint density at radius 1 is 0.724 bits per heavy atom. The van der Waals surface area contributed by atoms with E-state index in [1.807, 2.05) is 66.7 Å². The minimum atomic E-state index is -1.16. The second-order valence-electron chi connectivity index (χ2n) is 7.04. The lowest BCUT2D eigenvalue weighted by Crippen LogP contribution is -2.47. The van der Waals surface area contributed by atoms with Crippen molar-refractivity contribution in [2.24, 2.45) is 5.73 Å². The first-order valence-electron chi connectivity index (χ1n) is 9.54. The molecule has 29 heavy (non-hydrogen) atoms. The number of rotatable bonds is 7. The van der Waals surface area contributed by atoms with E-state index in [4.69, 9.17) is 5.73 Å². The van der Waals surface area contributed by atoms with Crippen molar-refractivity contribution in [3.63, 3.8) is 0 Å². The van der Waals surface area contributed by atoms with Crippen molar-refractivity contribution in [2.75, 3.05) is 7.05 Å². The maximum Gasteiger partial charge on any atom is 0.242 e. The number of nitrogens with two attached hydrogens (primary N) is 1. The van der Waals surface area contributed by atoms with Gasteiger partial charge in [-0.25, -0.2) is 0 Å². The van der Waals surface area contributed by atoms with Gasteiger partial charge in [-0.15, -0.1) is 0 Å². The molecule has 3 aromatic rings. The number of carbonyl (C=O) groups is 1. The molecular weight excluding hydrogens is 364 g/mol. The van der Waals surface area contributed by atoms with Crippen molar-refractivity contribution in [2.45, 2.75) is 24.3 Å². The van der Waals surface area contributed by atoms with Crippen LogP contribution in [0.5, 0.6) is 0 Å². The molecule has 0 bridgehead atoms. The van der Waals surface area contributed by atoms with E-state index in [1.54, 1.807) is 31.3 Å². The van der Waals surface area contributed by atoms with Gasteiger partial charge in [0.05, 0.1) is 6.04 Å². The Bertz CT molecular complexity index is 903. The van der Waals surface area contributed by atoms with Crippen LogP contribution in [-0.4, -0.2) is 34.1 Å². The molecule has 0 heterocycles. The van der Waals surface area contributed by atoms with E-state index >= 15 is 0 Å². The monoisotopic (exact) mass is 390 g/mol. The van der Waals surface area contributed by atoms with E-state index in [1.165, 1.54) is 4.90 Å². The fraction of sp³-hybridized carbons (Fsp3) is 0.208. The number of nitrogens with zero attached hydrogens (tertiary/aromatic N) is 1. The zero-order valence-electron chi connectivity index (χ0n) is 16.3. The van der Waals surface area contributed by atoms with Crippen LogP contribution in [0.3, 0.4) is 0 Å². The first-order valence-corrected chi connectivity index (χ1v) is 9.54. The number of likely N-dealkylation sites (N-methyl/N-ethyl adjacent to an activating group) is 1. The Labute approximate surface area is 171 Å². The molecule has 5 nitrogen and oxygen atoms in total. The molecule has 150 valence electrons. The number of aliphatic hydroxyl groups is 2. The lowest BCUT2D eigenvalue weighted by Gasteiger charge is -2.35. The SMILES string of the molecule is CN(C(=O)[C@@H](N)[C@H](O)c1ccccc1)[C@H](c1ccccc1)[C@H](O)c1ccccc1. The standard InChI is InChI=1S/C24H26N2O3/c1-26(24(29)20(25)22(27)18-13-7-3-8-14-18)21(17-11-5-2-6-12-17)23(28)19-15-9-4-10-16-19/h2-16,20-23,27-28H,25H2,1H3/t20-,21+,22+,23+/m0/s1. The second kappa shape index (κ2) is 9.47. The minimum absolute atomic E-state index is 0.454. The van der Waals surface area contributed by atoms with E-state index in [0.29, 0.717) is 11.1 Å². The third-order valence-electron chi connectivity index (χ3n) is 5.11. The second-order valence-corrected chi connectivity index (χ2v) is 7.04. The van der Waals surface area contributed by atoms with Crippen molar-refractivity contribution >= 4 is 5.91 Å². The third-order valence-corrected chi connectivity index (χ3v) is 5.11. The van der Waals surface area contributed by atoms with Crippen molar-refractivity contribution < 1.29 is 15.0 Å². The molecule has 0 saturated carbocycles. The summed E-state index contributed by atoms with van der Waals surface area (Å²) >= 11 is 0. The average molecular weight is 390 g/mol. The average Bonchev–Trinajstić information content (AvgIpc) is 2.79. The normalized spacial score (nSPS) is 15.2. The fourth-order valence-electron chi connectivity index (χ4n) is 3.47. The summed E-state index contributed by atoms with van der Waals surface area (Å²) < 4.78 is 0. The van der Waals surface area contributed by atoms with Crippen LogP contribution in [0.2, 0.25) is 0 Å². The van der Waals surface area contributed by atoms with Gasteiger partial charge in [-0.05, 0) is 16.7 Å². The van der Waals surface area contributed by atoms with Crippen molar-refractivity contribution in [3.05, 3.63) is 108 Å². The van der Waals surface area contributed by atoms with Crippen LogP contribution in [0.15, 0.2) is 91.0 Å². The van der Waals surface area contributed by atoms with Crippen LogP contribution in [0, 0.1) is 0 Å². The first kappa shape index (κ1) is 20.7. The highest BCUT2D eigenvalue weighted by atomic mass is 16.3. The van der Waals surface area contributed by atoms with Gasteiger partial charge < -0.3 is 20.8 Å². The highest BCUT2D eigenvalue weighted by Gasteiger charge is 2.34. The summed E-state index contributed by atoms with van der Waals surface area (Å²) in [7, 11) is 1.60. The van der Waals surface area contributed by atoms with Crippen LogP contribution in [-0.2, 0) is 4.79 Å². The van der Waals surface area contributed by atoms with Crippen LogP contribution < -0.4 is 5.73 Å². The third kappa shape index (κ3) is 4.71. The summed E-state index contributed by atoms with van der Waals surface area (Å²) in [5.74, 6) is -0.454. The van der Waals surface area contributed by atoms with Gasteiger partial charge in [-0.1, -0.05) is 91.0 Å². The summed E-state index contributed by atoms with van der Waals surface area (Å²) in [4.78, 5) is 14.6. The lowest BCUT2D eigenvalue weighted by atomic mass is 9.93. The van der Waals surface area contributed by atoms with Gasteiger partial charge in [0.2, 0.25) is 5.91 Å². The molecular formula is C24H26N2O3. The van der Waals surface area contributed by atoms with Crippen LogP contribution in [0.4, 0.5) is 0 Å². The Balaban J connectivity index is 1.90. The quantitative estimate of drug-likeness (QED) is 0.579. The number of hydrogen-bond acceptors (Lipinski definition) is 4. The first-order chi connectivity index (χ1) is 14.0. The van der Waals surface area contributed by atoms with Gasteiger partial charge in [0.1, 0.15) is 18.2 Å². The predicted molar refractivity (Wildman–Crippen MR) is 113 cm³/mol. The molecule has 1 amide bonds. The molecule has 0 aromatic heterocycles. The van der Waals surface area contributed by atoms with E-state index in [9.17, 15) is 15.0 Å². The minimum Gasteiger partial charge on any atom is -0.386 e. The molecule has 0 aliphatic rings. The topological polar surface area (TPSA) is 86.8 Å². The number of amides is 1. The molecule has 4 atom stereocenters. The molecule has 4 N–H and O–H groups in total. The zero-order chi connectivity index (χ0) is 20.8. The van der Waals surface area contributed by atoms with Gasteiger partial charge in [-0.3, -0.25) is 4.79 Å². The van der Waals surface area contributed by atoms with Crippen LogP contribution in [0.25, 0.3) is 0 Å². The summed E-state index contributed by atoms with van der Waals surface area (Å²) in [6, 6.07) is 25.5. The molecule has 3 aromatic carbocycles. The molecule has 0 spiro atoms. The van der Waals surface area contributed by atoms with E-state index in [0.717, 1.165) is 5.56 Å². The summed E-state index contributed by atoms with van der Waals surface area (Å²) in [5, 5.41) is 21.7. The molecule has 0 radical (unpaired) electrons. The number of hydrogen-bond donors (Lipinski definition) is 3.